The van der Waals surface area contributed by atoms with Gasteiger partial charge in [-0.2, -0.15) is 0 Å². The molecule has 0 radical (unpaired) electrons. The van der Waals surface area contributed by atoms with Gasteiger partial charge in [-0.25, -0.2) is 0 Å². The Morgan fingerprint density at radius 2 is 2.05 bits per heavy atom. The van der Waals surface area contributed by atoms with Crippen LogP contribution in [0.2, 0.25) is 0 Å². The summed E-state index contributed by atoms with van der Waals surface area (Å²) in [5.74, 6) is 0.102. The van der Waals surface area contributed by atoms with Crippen LogP contribution in [0.3, 0.4) is 0 Å². The monoisotopic (exact) mass is 285 g/mol. The molecule has 2 N–H and O–H groups in total. The van der Waals surface area contributed by atoms with Crippen molar-refractivity contribution in [2.24, 2.45) is 11.7 Å². The van der Waals surface area contributed by atoms with Gasteiger partial charge in [0.1, 0.15) is 0 Å². The second-order valence-electron chi connectivity index (χ2n) is 5.73. The third kappa shape index (κ3) is 4.72. The summed E-state index contributed by atoms with van der Waals surface area (Å²) >= 11 is 0. The average Bonchev–Trinajstić information content (AvgIpc) is 2.46. The normalized spacial score (nSPS) is 23.6. The number of hydrogen-bond acceptors (Lipinski definition) is 4. The number of carbonyl (C=O) groups is 1. The third-order valence-electron chi connectivity index (χ3n) is 4.29. The summed E-state index contributed by atoms with van der Waals surface area (Å²) in [5.41, 5.74) is 5.84. The van der Waals surface area contributed by atoms with E-state index in [0.29, 0.717) is 6.04 Å². The van der Waals surface area contributed by atoms with Gasteiger partial charge in [0.05, 0.1) is 12.5 Å². The van der Waals surface area contributed by atoms with Crippen LogP contribution in [0.15, 0.2) is 0 Å². The molecule has 118 valence electrons. The van der Waals surface area contributed by atoms with Gasteiger partial charge in [0.25, 0.3) is 0 Å². The Morgan fingerprint density at radius 1 is 1.35 bits per heavy atom. The van der Waals surface area contributed by atoms with Gasteiger partial charge >= 0.3 is 0 Å². The Balaban J connectivity index is 2.51. The number of nitrogens with zero attached hydrogens (tertiary/aromatic N) is 2. The van der Waals surface area contributed by atoms with Gasteiger partial charge in [-0.1, -0.05) is 13.8 Å². The van der Waals surface area contributed by atoms with Crippen LogP contribution in [-0.2, 0) is 9.53 Å². The molecule has 1 heterocycles. The number of carbonyl (C=O) groups excluding carboxylic acids is 1. The lowest BCUT2D eigenvalue weighted by Crippen LogP contribution is -2.57. The lowest BCUT2D eigenvalue weighted by Gasteiger charge is -2.42. The molecule has 0 aromatic carbocycles. The second-order valence-corrected chi connectivity index (χ2v) is 5.73. The highest BCUT2D eigenvalue weighted by molar-refractivity contribution is 5.79. The molecule has 0 aromatic rings. The van der Waals surface area contributed by atoms with E-state index in [0.717, 1.165) is 45.8 Å². The molecule has 1 amide bonds. The Bertz CT molecular complexity index is 297. The van der Waals surface area contributed by atoms with Gasteiger partial charge in [0, 0.05) is 44.9 Å². The first-order valence-corrected chi connectivity index (χ1v) is 7.87. The lowest BCUT2D eigenvalue weighted by atomic mass is 10.0. The van der Waals surface area contributed by atoms with Crippen LogP contribution in [0.1, 0.15) is 34.1 Å². The summed E-state index contributed by atoms with van der Waals surface area (Å²) in [7, 11) is 0. The molecular weight excluding hydrogens is 254 g/mol. The highest BCUT2D eigenvalue weighted by Gasteiger charge is 2.31. The van der Waals surface area contributed by atoms with E-state index < -0.39 is 0 Å². The van der Waals surface area contributed by atoms with Gasteiger partial charge in [-0.15, -0.1) is 0 Å². The molecule has 0 aliphatic carbocycles. The van der Waals surface area contributed by atoms with E-state index in [1.54, 1.807) is 0 Å². The molecule has 0 saturated carbocycles. The summed E-state index contributed by atoms with van der Waals surface area (Å²) in [6.45, 7) is 13.1. The molecule has 1 aliphatic heterocycles. The lowest BCUT2D eigenvalue weighted by molar-refractivity contribution is -0.138. The highest BCUT2D eigenvalue weighted by Crippen LogP contribution is 2.16. The summed E-state index contributed by atoms with van der Waals surface area (Å²) < 4.78 is 5.43. The van der Waals surface area contributed by atoms with E-state index in [4.69, 9.17) is 10.5 Å². The fourth-order valence-electron chi connectivity index (χ4n) is 2.61. The molecule has 3 atom stereocenters. The van der Waals surface area contributed by atoms with Crippen molar-refractivity contribution in [3.8, 4) is 0 Å². The predicted octanol–water partition coefficient (Wildman–Crippen LogP) is 0.929. The molecule has 0 aromatic heterocycles. The van der Waals surface area contributed by atoms with E-state index in [2.05, 4.69) is 11.8 Å². The molecule has 1 aliphatic rings. The molecule has 0 spiro atoms. The summed E-state index contributed by atoms with van der Waals surface area (Å²) in [4.78, 5) is 16.8. The van der Waals surface area contributed by atoms with E-state index in [-0.39, 0.29) is 17.9 Å². The van der Waals surface area contributed by atoms with Gasteiger partial charge in [0.2, 0.25) is 5.91 Å². The average molecular weight is 285 g/mol. The van der Waals surface area contributed by atoms with Crippen LogP contribution in [0.4, 0.5) is 0 Å². The van der Waals surface area contributed by atoms with E-state index in [9.17, 15) is 4.79 Å². The molecule has 20 heavy (non-hydrogen) atoms. The maximum Gasteiger partial charge on any atom is 0.227 e. The van der Waals surface area contributed by atoms with Crippen LogP contribution in [0.25, 0.3) is 0 Å². The standard InChI is InChI=1S/C15H31N3O2/c1-5-14-11-18(15(19)12(3)13(4)16)8-7-17(14)9-10-20-6-2/h12-14H,5-11,16H2,1-4H3. The van der Waals surface area contributed by atoms with Crippen LogP contribution in [-0.4, -0.2) is 67.2 Å². The van der Waals surface area contributed by atoms with Crippen molar-refractivity contribution < 1.29 is 9.53 Å². The highest BCUT2D eigenvalue weighted by atomic mass is 16.5. The molecule has 1 fully saturated rings. The van der Waals surface area contributed by atoms with E-state index >= 15 is 0 Å². The zero-order chi connectivity index (χ0) is 15.1. The maximum atomic E-state index is 12.4. The topological polar surface area (TPSA) is 58.8 Å². The first-order chi connectivity index (χ1) is 9.51. The van der Waals surface area contributed by atoms with E-state index in [1.165, 1.54) is 0 Å². The quantitative estimate of drug-likeness (QED) is 0.707. The molecule has 5 heteroatoms. The van der Waals surface area contributed by atoms with Gasteiger partial charge in [0.15, 0.2) is 0 Å². The predicted molar refractivity (Wildman–Crippen MR) is 81.5 cm³/mol. The minimum Gasteiger partial charge on any atom is -0.380 e. The molecular formula is C15H31N3O2. The number of amides is 1. The number of nitrogens with two attached hydrogens (primary N) is 1. The Morgan fingerprint density at radius 3 is 2.60 bits per heavy atom. The van der Waals surface area contributed by atoms with Crippen LogP contribution < -0.4 is 5.73 Å². The van der Waals surface area contributed by atoms with Crippen molar-refractivity contribution in [1.82, 2.24) is 9.80 Å². The van der Waals surface area contributed by atoms with Gasteiger partial charge in [-0.05, 0) is 20.3 Å². The minimum atomic E-state index is -0.0949. The first-order valence-electron chi connectivity index (χ1n) is 7.87. The molecule has 3 unspecified atom stereocenters. The van der Waals surface area contributed by atoms with Crippen molar-refractivity contribution in [3.63, 3.8) is 0 Å². The molecule has 5 nitrogen and oxygen atoms in total. The van der Waals surface area contributed by atoms with Gasteiger partial charge < -0.3 is 15.4 Å². The summed E-state index contributed by atoms with van der Waals surface area (Å²) in [6.07, 6.45) is 1.06. The molecule has 1 saturated heterocycles. The number of ether oxygens (including phenoxy) is 1. The zero-order valence-corrected chi connectivity index (χ0v) is 13.5. The Hall–Kier alpha value is -0.650. The molecule has 1 rings (SSSR count). The summed E-state index contributed by atoms with van der Waals surface area (Å²) in [6, 6.07) is 0.354. The van der Waals surface area contributed by atoms with Gasteiger partial charge in [-0.3, -0.25) is 9.69 Å². The number of rotatable bonds is 7. The largest absolute Gasteiger partial charge is 0.380 e. The Kier molecular flexibility index (Phi) is 7.48. The van der Waals surface area contributed by atoms with Crippen molar-refractivity contribution in [2.75, 3.05) is 39.4 Å². The summed E-state index contributed by atoms with van der Waals surface area (Å²) in [5, 5.41) is 0. The van der Waals surface area contributed by atoms with Crippen molar-refractivity contribution in [1.29, 1.82) is 0 Å². The van der Waals surface area contributed by atoms with Crippen LogP contribution in [0, 0.1) is 5.92 Å². The van der Waals surface area contributed by atoms with Crippen molar-refractivity contribution in [3.05, 3.63) is 0 Å². The van der Waals surface area contributed by atoms with Crippen LogP contribution in [0.5, 0.6) is 0 Å². The smallest absolute Gasteiger partial charge is 0.227 e. The third-order valence-corrected chi connectivity index (χ3v) is 4.29. The maximum absolute atomic E-state index is 12.4. The number of hydrogen-bond donors (Lipinski definition) is 1. The Labute approximate surface area is 123 Å². The number of piperazine rings is 1. The zero-order valence-electron chi connectivity index (χ0n) is 13.5. The second kappa shape index (κ2) is 8.60. The first kappa shape index (κ1) is 17.4. The fourth-order valence-corrected chi connectivity index (χ4v) is 2.61. The van der Waals surface area contributed by atoms with Crippen molar-refractivity contribution >= 4 is 5.91 Å². The van der Waals surface area contributed by atoms with E-state index in [1.807, 2.05) is 25.7 Å². The van der Waals surface area contributed by atoms with Crippen molar-refractivity contribution in [2.45, 2.75) is 46.2 Å². The fraction of sp³-hybridized carbons (Fsp3) is 0.933. The molecule has 0 bridgehead atoms. The minimum absolute atomic E-state index is 0.0847. The van der Waals surface area contributed by atoms with Crippen LogP contribution >= 0.6 is 0 Å². The SMILES string of the molecule is CCOCCN1CCN(C(=O)C(C)C(C)N)CC1CC.